The van der Waals surface area contributed by atoms with Crippen LogP contribution in [0.2, 0.25) is 0 Å². The molecule has 5 heteroatoms. The van der Waals surface area contributed by atoms with Crippen LogP contribution in [0.4, 0.5) is 4.39 Å². The largest absolute Gasteiger partial charge is 0.508 e. The highest BCUT2D eigenvalue weighted by atomic mass is 19.1. The van der Waals surface area contributed by atoms with Crippen molar-refractivity contribution in [3.8, 4) is 5.75 Å². The molecule has 0 aromatic heterocycles. The molecule has 0 saturated carbocycles. The van der Waals surface area contributed by atoms with Crippen LogP contribution in [-0.4, -0.2) is 29.1 Å². The second kappa shape index (κ2) is 6.15. The minimum atomic E-state index is -0.529. The van der Waals surface area contributed by atoms with Gasteiger partial charge in [-0.25, -0.2) is 4.39 Å². The van der Waals surface area contributed by atoms with Gasteiger partial charge in [-0.3, -0.25) is 4.79 Å². The summed E-state index contributed by atoms with van der Waals surface area (Å²) in [6.07, 6.45) is -0.526. The Morgan fingerprint density at radius 3 is 2.73 bits per heavy atom. The Hall–Kier alpha value is -2.40. The Kier molecular flexibility index (Phi) is 4.06. The Labute approximate surface area is 127 Å². The Bertz CT molecular complexity index is 675. The van der Waals surface area contributed by atoms with Gasteiger partial charge in [-0.2, -0.15) is 0 Å². The van der Waals surface area contributed by atoms with E-state index in [-0.39, 0.29) is 24.8 Å². The molecule has 1 saturated heterocycles. The van der Waals surface area contributed by atoms with E-state index in [1.54, 1.807) is 4.90 Å². The van der Waals surface area contributed by atoms with Crippen LogP contribution >= 0.6 is 0 Å². The minimum absolute atomic E-state index is 0.0716. The van der Waals surface area contributed by atoms with E-state index in [1.165, 1.54) is 12.1 Å². The van der Waals surface area contributed by atoms with Crippen molar-refractivity contribution in [2.45, 2.75) is 12.6 Å². The number of carbonyl (C=O) groups is 1. The SMILES string of the molecule is O=C1COC(c2ccc(O)cc2F)CN1Cc1ccccc1. The van der Waals surface area contributed by atoms with Crippen LogP contribution < -0.4 is 0 Å². The first kappa shape index (κ1) is 14.5. The second-order valence-corrected chi connectivity index (χ2v) is 5.27. The first-order valence-corrected chi connectivity index (χ1v) is 7.05. The molecule has 1 aliphatic heterocycles. The molecule has 1 amide bonds. The summed E-state index contributed by atoms with van der Waals surface area (Å²) in [6.45, 7) is 0.687. The van der Waals surface area contributed by atoms with Gasteiger partial charge >= 0.3 is 0 Å². The molecule has 0 bridgehead atoms. The molecule has 2 aromatic carbocycles. The van der Waals surface area contributed by atoms with Crippen LogP contribution in [0.15, 0.2) is 48.5 Å². The molecule has 0 spiro atoms. The molecule has 1 heterocycles. The number of phenolic OH excluding ortho intramolecular Hbond substituents is 1. The Morgan fingerprint density at radius 2 is 2.00 bits per heavy atom. The fourth-order valence-electron chi connectivity index (χ4n) is 2.54. The molecule has 0 aliphatic carbocycles. The van der Waals surface area contributed by atoms with Crippen molar-refractivity contribution in [1.82, 2.24) is 4.90 Å². The van der Waals surface area contributed by atoms with E-state index in [2.05, 4.69) is 0 Å². The maximum Gasteiger partial charge on any atom is 0.249 e. The first-order valence-electron chi connectivity index (χ1n) is 7.05. The molecule has 3 rings (SSSR count). The molecule has 1 unspecified atom stereocenters. The number of ether oxygens (including phenoxy) is 1. The molecule has 0 radical (unpaired) electrons. The topological polar surface area (TPSA) is 49.8 Å². The second-order valence-electron chi connectivity index (χ2n) is 5.27. The molecule has 4 nitrogen and oxygen atoms in total. The van der Waals surface area contributed by atoms with E-state index in [0.29, 0.717) is 12.1 Å². The molecule has 114 valence electrons. The Balaban J connectivity index is 1.77. The van der Waals surface area contributed by atoms with Crippen LogP contribution in [0, 0.1) is 5.82 Å². The van der Waals surface area contributed by atoms with Gasteiger partial charge in [-0.05, 0) is 17.7 Å². The summed E-state index contributed by atoms with van der Waals surface area (Å²) in [5.41, 5.74) is 1.37. The highest BCUT2D eigenvalue weighted by Gasteiger charge is 2.29. The van der Waals surface area contributed by atoms with Crippen molar-refractivity contribution < 1.29 is 19.0 Å². The molecular formula is C17H16FNO3. The fraction of sp³-hybridized carbons (Fsp3) is 0.235. The molecule has 1 N–H and O–H groups in total. The van der Waals surface area contributed by atoms with Gasteiger partial charge in [0.2, 0.25) is 5.91 Å². The van der Waals surface area contributed by atoms with Gasteiger partial charge in [0.1, 0.15) is 24.3 Å². The first-order chi connectivity index (χ1) is 10.6. The Morgan fingerprint density at radius 1 is 1.23 bits per heavy atom. The van der Waals surface area contributed by atoms with Crippen molar-refractivity contribution in [3.05, 3.63) is 65.5 Å². The van der Waals surface area contributed by atoms with Crippen LogP contribution in [0.3, 0.4) is 0 Å². The van der Waals surface area contributed by atoms with E-state index in [1.807, 2.05) is 30.3 Å². The fourth-order valence-corrected chi connectivity index (χ4v) is 2.54. The number of rotatable bonds is 3. The predicted octanol–water partition coefficient (Wildman–Crippen LogP) is 2.63. The standard InChI is InChI=1S/C17H16FNO3/c18-15-8-13(20)6-7-14(15)16-10-19(17(21)11-22-16)9-12-4-2-1-3-5-12/h1-8,16,20H,9-11H2. The van der Waals surface area contributed by atoms with Gasteiger partial charge in [-0.1, -0.05) is 30.3 Å². The van der Waals surface area contributed by atoms with E-state index < -0.39 is 11.9 Å². The number of benzene rings is 2. The maximum atomic E-state index is 13.9. The monoisotopic (exact) mass is 301 g/mol. The number of carbonyl (C=O) groups excluding carboxylic acids is 1. The average Bonchev–Trinajstić information content (AvgIpc) is 2.51. The molecular weight excluding hydrogens is 285 g/mol. The normalized spacial score (nSPS) is 18.5. The van der Waals surface area contributed by atoms with E-state index in [9.17, 15) is 14.3 Å². The summed E-state index contributed by atoms with van der Waals surface area (Å²) in [5.74, 6) is -0.771. The third-order valence-electron chi connectivity index (χ3n) is 3.69. The molecule has 1 fully saturated rings. The quantitative estimate of drug-likeness (QED) is 0.948. The number of nitrogens with zero attached hydrogens (tertiary/aromatic N) is 1. The van der Waals surface area contributed by atoms with Gasteiger partial charge in [-0.15, -0.1) is 0 Å². The molecule has 2 aromatic rings. The lowest BCUT2D eigenvalue weighted by atomic mass is 10.1. The zero-order valence-corrected chi connectivity index (χ0v) is 11.9. The summed E-state index contributed by atoms with van der Waals surface area (Å²) < 4.78 is 19.4. The van der Waals surface area contributed by atoms with Crippen molar-refractivity contribution in [2.24, 2.45) is 0 Å². The average molecular weight is 301 g/mol. The summed E-state index contributed by atoms with van der Waals surface area (Å²) in [7, 11) is 0. The lowest BCUT2D eigenvalue weighted by molar-refractivity contribution is -0.150. The van der Waals surface area contributed by atoms with Crippen LogP contribution in [0.1, 0.15) is 17.2 Å². The van der Waals surface area contributed by atoms with Crippen molar-refractivity contribution >= 4 is 5.91 Å². The summed E-state index contributed by atoms with van der Waals surface area (Å²) in [6, 6.07) is 13.6. The third kappa shape index (κ3) is 3.09. The zero-order valence-electron chi connectivity index (χ0n) is 11.9. The molecule has 22 heavy (non-hydrogen) atoms. The van der Waals surface area contributed by atoms with Crippen molar-refractivity contribution in [3.63, 3.8) is 0 Å². The minimum Gasteiger partial charge on any atom is -0.508 e. The van der Waals surface area contributed by atoms with E-state index in [0.717, 1.165) is 11.6 Å². The van der Waals surface area contributed by atoms with E-state index >= 15 is 0 Å². The van der Waals surface area contributed by atoms with Gasteiger partial charge in [0.25, 0.3) is 0 Å². The highest BCUT2D eigenvalue weighted by Crippen LogP contribution is 2.27. The van der Waals surface area contributed by atoms with Crippen molar-refractivity contribution in [2.75, 3.05) is 13.2 Å². The molecule has 1 atom stereocenters. The number of phenols is 1. The number of morpholine rings is 1. The van der Waals surface area contributed by atoms with Crippen molar-refractivity contribution in [1.29, 1.82) is 0 Å². The smallest absolute Gasteiger partial charge is 0.249 e. The highest BCUT2D eigenvalue weighted by molar-refractivity contribution is 5.78. The number of amides is 1. The summed E-state index contributed by atoms with van der Waals surface area (Å²) in [4.78, 5) is 13.6. The maximum absolute atomic E-state index is 13.9. The van der Waals surface area contributed by atoms with Crippen LogP contribution in [-0.2, 0) is 16.1 Å². The number of halogens is 1. The van der Waals surface area contributed by atoms with Gasteiger partial charge < -0.3 is 14.7 Å². The summed E-state index contributed by atoms with van der Waals surface area (Å²) in [5, 5.41) is 9.28. The lowest BCUT2D eigenvalue weighted by Gasteiger charge is -2.33. The van der Waals surface area contributed by atoms with Gasteiger partial charge in [0, 0.05) is 18.2 Å². The number of hydrogen-bond donors (Lipinski definition) is 1. The third-order valence-corrected chi connectivity index (χ3v) is 3.69. The predicted molar refractivity (Wildman–Crippen MR) is 78.6 cm³/mol. The number of aromatic hydroxyl groups is 1. The van der Waals surface area contributed by atoms with Crippen LogP contribution in [0.25, 0.3) is 0 Å². The summed E-state index contributed by atoms with van der Waals surface area (Å²) >= 11 is 0. The molecule has 1 aliphatic rings. The van der Waals surface area contributed by atoms with Gasteiger partial charge in [0.15, 0.2) is 0 Å². The zero-order chi connectivity index (χ0) is 15.5. The number of hydrogen-bond acceptors (Lipinski definition) is 3. The lowest BCUT2D eigenvalue weighted by Crippen LogP contribution is -2.42. The van der Waals surface area contributed by atoms with Crippen LogP contribution in [0.5, 0.6) is 5.75 Å². The van der Waals surface area contributed by atoms with Gasteiger partial charge in [0.05, 0.1) is 6.54 Å². The van der Waals surface area contributed by atoms with E-state index in [4.69, 9.17) is 4.74 Å².